The van der Waals surface area contributed by atoms with Gasteiger partial charge in [-0.25, -0.2) is 4.98 Å². The summed E-state index contributed by atoms with van der Waals surface area (Å²) in [7, 11) is 1.66. The van der Waals surface area contributed by atoms with E-state index < -0.39 is 0 Å². The number of rotatable bonds is 6. The third kappa shape index (κ3) is 3.50. The average molecular weight is 439 g/mol. The molecule has 1 amide bonds. The Morgan fingerprint density at radius 1 is 1.29 bits per heavy atom. The van der Waals surface area contributed by atoms with Crippen molar-refractivity contribution in [2.45, 2.75) is 50.3 Å². The predicted molar refractivity (Wildman–Crippen MR) is 120 cm³/mol. The van der Waals surface area contributed by atoms with E-state index in [0.29, 0.717) is 36.1 Å². The van der Waals surface area contributed by atoms with E-state index in [0.717, 1.165) is 53.1 Å². The van der Waals surface area contributed by atoms with Gasteiger partial charge in [-0.1, -0.05) is 0 Å². The van der Waals surface area contributed by atoms with Crippen LogP contribution in [-0.4, -0.2) is 58.3 Å². The van der Waals surface area contributed by atoms with Gasteiger partial charge >= 0.3 is 0 Å². The van der Waals surface area contributed by atoms with Crippen LogP contribution >= 0.6 is 11.3 Å². The Morgan fingerprint density at radius 3 is 2.84 bits per heavy atom. The van der Waals surface area contributed by atoms with Crippen molar-refractivity contribution in [2.75, 3.05) is 25.5 Å². The van der Waals surface area contributed by atoms with Gasteiger partial charge in [-0.3, -0.25) is 9.89 Å². The summed E-state index contributed by atoms with van der Waals surface area (Å²) in [6.45, 7) is 1.83. The monoisotopic (exact) mass is 438 g/mol. The van der Waals surface area contributed by atoms with Crippen molar-refractivity contribution in [1.82, 2.24) is 25.4 Å². The molecule has 3 aromatic rings. The topological polar surface area (TPSA) is 95.2 Å². The highest BCUT2D eigenvalue weighted by Crippen LogP contribution is 2.40. The highest BCUT2D eigenvalue weighted by molar-refractivity contribution is 7.17. The highest BCUT2D eigenvalue weighted by atomic mass is 32.1. The van der Waals surface area contributed by atoms with Crippen LogP contribution in [0.15, 0.2) is 17.5 Å². The van der Waals surface area contributed by atoms with Crippen LogP contribution in [0.5, 0.6) is 0 Å². The second-order valence-corrected chi connectivity index (χ2v) is 9.76. The van der Waals surface area contributed by atoms with E-state index in [2.05, 4.69) is 26.9 Å². The van der Waals surface area contributed by atoms with Gasteiger partial charge in [-0.2, -0.15) is 5.10 Å². The average Bonchev–Trinajstić information content (AvgIpc) is 3.17. The maximum atomic E-state index is 13.6. The highest BCUT2D eigenvalue weighted by Gasteiger charge is 2.36. The van der Waals surface area contributed by atoms with Crippen LogP contribution in [0, 0.1) is 0 Å². The van der Waals surface area contributed by atoms with Crippen LogP contribution in [0.3, 0.4) is 0 Å². The van der Waals surface area contributed by atoms with E-state index >= 15 is 0 Å². The number of hydrogen-bond donors (Lipinski definition) is 3. The lowest BCUT2D eigenvalue weighted by molar-refractivity contribution is 0.0687. The smallest absolute Gasteiger partial charge is 0.273 e. The van der Waals surface area contributed by atoms with E-state index in [9.17, 15) is 4.79 Å². The quantitative estimate of drug-likeness (QED) is 0.546. The van der Waals surface area contributed by atoms with Gasteiger partial charge in [0, 0.05) is 65.6 Å². The number of carbonyl (C=O) groups is 1. The van der Waals surface area contributed by atoms with Crippen molar-refractivity contribution in [1.29, 1.82) is 0 Å². The second-order valence-electron chi connectivity index (χ2n) is 8.84. The standard InChI is InChI=1S/C22H26N6O2S/c1-30-11-16-19(22(29)28-9-13-4-5-14(10-28)23-13)25-21(15-6-7-31-20(15)16)24-18-8-17(26-27-18)12-2-3-12/h6-8,12-14,23H,2-5,9-11H2,1H3,(H2,24,25,26,27). The third-order valence-corrected chi connectivity index (χ3v) is 7.53. The summed E-state index contributed by atoms with van der Waals surface area (Å²) in [6.07, 6.45) is 4.69. The van der Waals surface area contributed by atoms with E-state index in [1.54, 1.807) is 18.4 Å². The molecule has 0 radical (unpaired) electrons. The zero-order chi connectivity index (χ0) is 20.9. The molecular formula is C22H26N6O2S. The fourth-order valence-electron chi connectivity index (χ4n) is 4.86. The molecule has 162 valence electrons. The number of amides is 1. The molecule has 3 aromatic heterocycles. The molecule has 5 heterocycles. The first kappa shape index (κ1) is 19.2. The molecule has 3 fully saturated rings. The fraction of sp³-hybridized carbons (Fsp3) is 0.500. The minimum Gasteiger partial charge on any atom is -0.380 e. The Balaban J connectivity index is 1.38. The summed E-state index contributed by atoms with van der Waals surface area (Å²) < 4.78 is 6.52. The van der Waals surface area contributed by atoms with Crippen LogP contribution < -0.4 is 10.6 Å². The number of anilines is 2. The number of likely N-dealkylation sites (tertiary alicyclic amines) is 1. The largest absolute Gasteiger partial charge is 0.380 e. The summed E-state index contributed by atoms with van der Waals surface area (Å²) in [6, 6.07) is 4.88. The molecule has 0 spiro atoms. The van der Waals surface area contributed by atoms with E-state index in [1.807, 2.05) is 16.3 Å². The maximum Gasteiger partial charge on any atom is 0.273 e. The first-order valence-corrected chi connectivity index (χ1v) is 11.8. The molecule has 2 bridgehead atoms. The molecule has 6 rings (SSSR count). The number of aromatic nitrogens is 3. The number of nitrogens with zero attached hydrogens (tertiary/aromatic N) is 3. The lowest BCUT2D eigenvalue weighted by Crippen LogP contribution is -2.53. The number of ether oxygens (including phenoxy) is 1. The lowest BCUT2D eigenvalue weighted by atomic mass is 10.1. The van der Waals surface area contributed by atoms with Gasteiger partial charge in [0.25, 0.3) is 5.91 Å². The number of nitrogens with one attached hydrogen (secondary N) is 3. The SMILES string of the molecule is COCc1c(C(=O)N2CC3CCC(C2)N3)nc(Nc2cc(C3CC3)[nH]n2)c2ccsc12. The number of thiophene rings is 1. The van der Waals surface area contributed by atoms with Gasteiger partial charge in [-0.15, -0.1) is 11.3 Å². The van der Waals surface area contributed by atoms with Crippen LogP contribution in [0.2, 0.25) is 0 Å². The fourth-order valence-corrected chi connectivity index (χ4v) is 5.79. The number of aromatic amines is 1. The minimum absolute atomic E-state index is 0.00972. The maximum absolute atomic E-state index is 13.6. The normalized spacial score (nSPS) is 22.9. The Morgan fingerprint density at radius 2 is 2.10 bits per heavy atom. The summed E-state index contributed by atoms with van der Waals surface area (Å²) >= 11 is 1.62. The van der Waals surface area contributed by atoms with Gasteiger partial charge in [0.2, 0.25) is 0 Å². The Labute approximate surface area is 184 Å². The lowest BCUT2D eigenvalue weighted by Gasteiger charge is -2.33. The number of pyridine rings is 1. The number of fused-ring (bicyclic) bond motifs is 3. The third-order valence-electron chi connectivity index (χ3n) is 6.56. The molecule has 2 atom stereocenters. The molecule has 1 saturated carbocycles. The van der Waals surface area contributed by atoms with Crippen LogP contribution in [0.1, 0.15) is 53.3 Å². The Bertz CT molecular complexity index is 1120. The number of H-pyrrole nitrogens is 1. The Kier molecular flexibility index (Phi) is 4.70. The first-order chi connectivity index (χ1) is 15.2. The summed E-state index contributed by atoms with van der Waals surface area (Å²) in [5.74, 6) is 2.00. The van der Waals surface area contributed by atoms with Gasteiger partial charge in [-0.05, 0) is 37.1 Å². The van der Waals surface area contributed by atoms with Gasteiger partial charge in [0.15, 0.2) is 5.82 Å². The van der Waals surface area contributed by atoms with Crippen molar-refractivity contribution < 1.29 is 9.53 Å². The van der Waals surface area contributed by atoms with Gasteiger partial charge in [0.05, 0.1) is 6.61 Å². The summed E-state index contributed by atoms with van der Waals surface area (Å²) in [5, 5.41) is 17.5. The zero-order valence-corrected chi connectivity index (χ0v) is 18.3. The number of carbonyl (C=O) groups excluding carboxylic acids is 1. The molecular weight excluding hydrogens is 412 g/mol. The van der Waals surface area contributed by atoms with Crippen molar-refractivity contribution in [3.63, 3.8) is 0 Å². The number of hydrogen-bond acceptors (Lipinski definition) is 7. The summed E-state index contributed by atoms with van der Waals surface area (Å²) in [4.78, 5) is 20.4. The molecule has 2 aliphatic heterocycles. The van der Waals surface area contributed by atoms with Crippen LogP contribution in [-0.2, 0) is 11.3 Å². The van der Waals surface area contributed by atoms with Crippen molar-refractivity contribution in [3.8, 4) is 0 Å². The van der Waals surface area contributed by atoms with Crippen LogP contribution in [0.4, 0.5) is 11.6 Å². The molecule has 2 unspecified atom stereocenters. The molecule has 8 nitrogen and oxygen atoms in total. The molecule has 3 N–H and O–H groups in total. The predicted octanol–water partition coefficient (Wildman–Crippen LogP) is 3.36. The van der Waals surface area contributed by atoms with Crippen molar-refractivity contribution >= 4 is 39.0 Å². The number of methoxy groups -OCH3 is 1. The molecule has 0 aromatic carbocycles. The van der Waals surface area contributed by atoms with E-state index in [-0.39, 0.29) is 5.91 Å². The second kappa shape index (κ2) is 7.58. The minimum atomic E-state index is -0.00972. The molecule has 3 aliphatic rings. The van der Waals surface area contributed by atoms with E-state index in [4.69, 9.17) is 9.72 Å². The molecule has 2 saturated heterocycles. The van der Waals surface area contributed by atoms with Crippen molar-refractivity contribution in [3.05, 3.63) is 34.5 Å². The zero-order valence-electron chi connectivity index (χ0n) is 17.5. The van der Waals surface area contributed by atoms with Crippen LogP contribution in [0.25, 0.3) is 10.1 Å². The number of piperazine rings is 1. The molecule has 31 heavy (non-hydrogen) atoms. The first-order valence-electron chi connectivity index (χ1n) is 11.0. The van der Waals surface area contributed by atoms with Gasteiger partial charge < -0.3 is 20.3 Å². The molecule has 9 heteroatoms. The Hall–Kier alpha value is -2.49. The van der Waals surface area contributed by atoms with Gasteiger partial charge in [0.1, 0.15) is 11.5 Å². The molecule has 1 aliphatic carbocycles. The van der Waals surface area contributed by atoms with Crippen molar-refractivity contribution in [2.24, 2.45) is 0 Å². The summed E-state index contributed by atoms with van der Waals surface area (Å²) in [5.41, 5.74) is 2.51. The van der Waals surface area contributed by atoms with E-state index in [1.165, 1.54) is 12.8 Å².